The summed E-state index contributed by atoms with van der Waals surface area (Å²) in [5.74, 6) is -2.06. The van der Waals surface area contributed by atoms with Crippen LogP contribution in [0.5, 0.6) is 0 Å². The minimum atomic E-state index is -1.29. The molecule has 0 radical (unpaired) electrons. The molecule has 98 valence electrons. The number of halogens is 1. The molecule has 0 atom stereocenters. The number of aromatic carboxylic acids is 1. The first-order valence-electron chi connectivity index (χ1n) is 5.59. The Labute approximate surface area is 104 Å². The van der Waals surface area contributed by atoms with Crippen LogP contribution in [-0.2, 0) is 0 Å². The lowest BCUT2D eigenvalue weighted by molar-refractivity contribution is 0.0697. The van der Waals surface area contributed by atoms with E-state index < -0.39 is 17.8 Å². The SMILES string of the molecule is CCN(CC)C(=O)Nc1c(F)cccc1C(=O)O. The summed E-state index contributed by atoms with van der Waals surface area (Å²) in [6.07, 6.45) is 0. The second-order valence-corrected chi connectivity index (χ2v) is 3.57. The number of para-hydroxylation sites is 1. The summed E-state index contributed by atoms with van der Waals surface area (Å²) in [6, 6.07) is 3.10. The maximum Gasteiger partial charge on any atom is 0.337 e. The first-order chi connectivity index (χ1) is 8.51. The Morgan fingerprint density at radius 2 is 1.94 bits per heavy atom. The number of benzene rings is 1. The van der Waals surface area contributed by atoms with Crippen molar-refractivity contribution in [1.29, 1.82) is 0 Å². The quantitative estimate of drug-likeness (QED) is 0.866. The van der Waals surface area contributed by atoms with Crippen LogP contribution in [0.4, 0.5) is 14.9 Å². The van der Waals surface area contributed by atoms with Crippen LogP contribution in [0.2, 0.25) is 0 Å². The molecule has 0 unspecified atom stereocenters. The zero-order chi connectivity index (χ0) is 13.7. The Bertz CT molecular complexity index is 459. The first-order valence-corrected chi connectivity index (χ1v) is 5.59. The normalized spacial score (nSPS) is 9.94. The van der Waals surface area contributed by atoms with E-state index in [-0.39, 0.29) is 11.3 Å². The predicted octanol–water partition coefficient (Wildman–Crippen LogP) is 2.40. The average molecular weight is 254 g/mol. The number of rotatable bonds is 4. The van der Waals surface area contributed by atoms with Gasteiger partial charge >= 0.3 is 12.0 Å². The summed E-state index contributed by atoms with van der Waals surface area (Å²) in [5.41, 5.74) is -0.572. The van der Waals surface area contributed by atoms with Gasteiger partial charge in [0.25, 0.3) is 0 Å². The third-order valence-corrected chi connectivity index (χ3v) is 2.53. The molecule has 0 spiro atoms. The topological polar surface area (TPSA) is 69.6 Å². The summed E-state index contributed by atoms with van der Waals surface area (Å²) in [7, 11) is 0. The van der Waals surface area contributed by atoms with E-state index >= 15 is 0 Å². The van der Waals surface area contributed by atoms with E-state index in [1.54, 1.807) is 13.8 Å². The van der Waals surface area contributed by atoms with Gasteiger partial charge in [-0.05, 0) is 26.0 Å². The highest BCUT2D eigenvalue weighted by molar-refractivity contribution is 6.00. The molecular formula is C12H15FN2O3. The molecule has 5 nitrogen and oxygen atoms in total. The molecule has 0 fully saturated rings. The molecule has 18 heavy (non-hydrogen) atoms. The second kappa shape index (κ2) is 6.00. The van der Waals surface area contributed by atoms with Gasteiger partial charge in [0, 0.05) is 13.1 Å². The molecular weight excluding hydrogens is 239 g/mol. The van der Waals surface area contributed by atoms with Gasteiger partial charge in [-0.2, -0.15) is 0 Å². The van der Waals surface area contributed by atoms with E-state index in [4.69, 9.17) is 5.11 Å². The standard InChI is InChI=1S/C12H15FN2O3/c1-3-15(4-2)12(18)14-10-8(11(16)17)6-5-7-9(10)13/h5-7H,3-4H2,1-2H3,(H,14,18)(H,16,17). The van der Waals surface area contributed by atoms with Gasteiger partial charge < -0.3 is 15.3 Å². The highest BCUT2D eigenvalue weighted by Crippen LogP contribution is 2.20. The highest BCUT2D eigenvalue weighted by atomic mass is 19.1. The summed E-state index contributed by atoms with van der Waals surface area (Å²) >= 11 is 0. The van der Waals surface area contributed by atoms with Crippen LogP contribution in [-0.4, -0.2) is 35.1 Å². The van der Waals surface area contributed by atoms with Crippen molar-refractivity contribution in [3.8, 4) is 0 Å². The van der Waals surface area contributed by atoms with Crippen molar-refractivity contribution in [2.45, 2.75) is 13.8 Å². The number of carboxylic acids is 1. The number of hydrogen-bond donors (Lipinski definition) is 2. The number of anilines is 1. The smallest absolute Gasteiger partial charge is 0.337 e. The van der Waals surface area contributed by atoms with Crippen LogP contribution in [0.15, 0.2) is 18.2 Å². The van der Waals surface area contributed by atoms with Gasteiger partial charge in [-0.15, -0.1) is 0 Å². The molecule has 0 aliphatic rings. The average Bonchev–Trinajstić information content (AvgIpc) is 2.33. The van der Waals surface area contributed by atoms with Crippen molar-refractivity contribution in [1.82, 2.24) is 4.90 Å². The Kier molecular flexibility index (Phi) is 4.65. The molecule has 0 saturated carbocycles. The molecule has 0 saturated heterocycles. The number of carbonyl (C=O) groups excluding carboxylic acids is 1. The molecule has 1 rings (SSSR count). The van der Waals surface area contributed by atoms with E-state index in [0.717, 1.165) is 6.07 Å². The number of nitrogens with zero attached hydrogens (tertiary/aromatic N) is 1. The van der Waals surface area contributed by atoms with Crippen LogP contribution in [0.3, 0.4) is 0 Å². The lowest BCUT2D eigenvalue weighted by atomic mass is 10.1. The fourth-order valence-corrected chi connectivity index (χ4v) is 1.53. The summed E-state index contributed by atoms with van der Waals surface area (Å²) < 4.78 is 13.5. The largest absolute Gasteiger partial charge is 0.478 e. The van der Waals surface area contributed by atoms with Gasteiger partial charge in [0.15, 0.2) is 0 Å². The molecule has 6 heteroatoms. The summed E-state index contributed by atoms with van der Waals surface area (Å²) in [4.78, 5) is 24.1. The van der Waals surface area contributed by atoms with Gasteiger partial charge in [0.1, 0.15) is 5.82 Å². The minimum absolute atomic E-state index is 0.268. The number of carbonyl (C=O) groups is 2. The molecule has 2 amide bonds. The molecule has 1 aromatic carbocycles. The van der Waals surface area contributed by atoms with Gasteiger partial charge in [-0.25, -0.2) is 14.0 Å². The van der Waals surface area contributed by atoms with Crippen molar-refractivity contribution < 1.29 is 19.1 Å². The van der Waals surface area contributed by atoms with E-state index in [1.165, 1.54) is 17.0 Å². The van der Waals surface area contributed by atoms with Crippen molar-refractivity contribution in [3.05, 3.63) is 29.6 Å². The second-order valence-electron chi connectivity index (χ2n) is 3.57. The molecule has 1 aromatic rings. The summed E-state index contributed by atoms with van der Waals surface area (Å²) in [5, 5.41) is 11.2. The van der Waals surface area contributed by atoms with Crippen molar-refractivity contribution in [2.24, 2.45) is 0 Å². The third-order valence-electron chi connectivity index (χ3n) is 2.53. The fourth-order valence-electron chi connectivity index (χ4n) is 1.53. The molecule has 0 aliphatic heterocycles. The van der Waals surface area contributed by atoms with Crippen molar-refractivity contribution >= 4 is 17.7 Å². The monoisotopic (exact) mass is 254 g/mol. The zero-order valence-electron chi connectivity index (χ0n) is 10.2. The molecule has 2 N–H and O–H groups in total. The van der Waals surface area contributed by atoms with E-state index in [9.17, 15) is 14.0 Å². The minimum Gasteiger partial charge on any atom is -0.478 e. The Morgan fingerprint density at radius 1 is 1.33 bits per heavy atom. The van der Waals surface area contributed by atoms with Crippen molar-refractivity contribution in [3.63, 3.8) is 0 Å². The maximum atomic E-state index is 13.5. The molecule has 0 heterocycles. The molecule has 0 bridgehead atoms. The van der Waals surface area contributed by atoms with E-state index in [1.807, 2.05) is 0 Å². The lowest BCUT2D eigenvalue weighted by Gasteiger charge is -2.20. The van der Waals surface area contributed by atoms with Crippen LogP contribution in [0, 0.1) is 5.82 Å². The summed E-state index contributed by atoms with van der Waals surface area (Å²) in [6.45, 7) is 4.48. The Balaban J connectivity index is 3.03. The number of amides is 2. The number of nitrogens with one attached hydrogen (secondary N) is 1. The number of hydrogen-bond acceptors (Lipinski definition) is 2. The number of carboxylic acid groups (broad SMARTS) is 1. The predicted molar refractivity (Wildman–Crippen MR) is 65.3 cm³/mol. The van der Waals surface area contributed by atoms with Gasteiger partial charge in [-0.3, -0.25) is 0 Å². The van der Waals surface area contributed by atoms with E-state index in [2.05, 4.69) is 5.32 Å². The zero-order valence-corrected chi connectivity index (χ0v) is 10.2. The molecule has 0 aromatic heterocycles. The fraction of sp³-hybridized carbons (Fsp3) is 0.333. The van der Waals surface area contributed by atoms with Crippen LogP contribution >= 0.6 is 0 Å². The first kappa shape index (κ1) is 14.0. The maximum absolute atomic E-state index is 13.5. The number of urea groups is 1. The van der Waals surface area contributed by atoms with Gasteiger partial charge in [0.2, 0.25) is 0 Å². The van der Waals surface area contributed by atoms with Crippen LogP contribution in [0.1, 0.15) is 24.2 Å². The Morgan fingerprint density at radius 3 is 2.44 bits per heavy atom. The van der Waals surface area contributed by atoms with Gasteiger partial charge in [0.05, 0.1) is 11.3 Å². The molecule has 0 aliphatic carbocycles. The van der Waals surface area contributed by atoms with Crippen LogP contribution < -0.4 is 5.32 Å². The van der Waals surface area contributed by atoms with Crippen LogP contribution in [0.25, 0.3) is 0 Å². The third kappa shape index (κ3) is 2.97. The van der Waals surface area contributed by atoms with Crippen molar-refractivity contribution in [2.75, 3.05) is 18.4 Å². The Hall–Kier alpha value is -2.11. The lowest BCUT2D eigenvalue weighted by Crippen LogP contribution is -2.35. The van der Waals surface area contributed by atoms with E-state index in [0.29, 0.717) is 13.1 Å². The van der Waals surface area contributed by atoms with Gasteiger partial charge in [-0.1, -0.05) is 6.07 Å². The highest BCUT2D eigenvalue weighted by Gasteiger charge is 2.18.